The molecule has 0 radical (unpaired) electrons. The van der Waals surface area contributed by atoms with E-state index in [4.69, 9.17) is 23.8 Å². The van der Waals surface area contributed by atoms with Crippen molar-refractivity contribution in [1.82, 2.24) is 15.0 Å². The fraction of sp³-hybridized carbons (Fsp3) is 0. The van der Waals surface area contributed by atoms with Crippen LogP contribution in [0.5, 0.6) is 0 Å². The zero-order valence-electron chi connectivity index (χ0n) is 31.1. The maximum atomic E-state index is 6.49. The van der Waals surface area contributed by atoms with Crippen LogP contribution in [-0.4, -0.2) is 15.0 Å². The fourth-order valence-electron chi connectivity index (χ4n) is 8.57. The van der Waals surface area contributed by atoms with Gasteiger partial charge < -0.3 is 8.83 Å². The van der Waals surface area contributed by atoms with Crippen LogP contribution in [0.25, 0.3) is 122 Å². The average molecular weight is 742 g/mol. The lowest BCUT2D eigenvalue weighted by Gasteiger charge is -2.11. The summed E-state index contributed by atoms with van der Waals surface area (Å²) in [6.45, 7) is 0. The molecule has 0 aliphatic heterocycles. The molecule has 3 aromatic heterocycles. The number of hydrogen-bond donors (Lipinski definition) is 0. The van der Waals surface area contributed by atoms with Crippen molar-refractivity contribution >= 4 is 65.4 Å². The first-order valence-electron chi connectivity index (χ1n) is 19.4. The normalized spacial score (nSPS) is 11.8. The van der Waals surface area contributed by atoms with E-state index in [1.54, 1.807) is 0 Å². The molecule has 3 heterocycles. The summed E-state index contributed by atoms with van der Waals surface area (Å²) in [7, 11) is 0. The van der Waals surface area contributed by atoms with Gasteiger partial charge in [0, 0.05) is 38.2 Å². The maximum absolute atomic E-state index is 6.49. The van der Waals surface area contributed by atoms with Gasteiger partial charge in [-0.1, -0.05) is 146 Å². The maximum Gasteiger partial charge on any atom is 0.164 e. The monoisotopic (exact) mass is 741 g/mol. The van der Waals surface area contributed by atoms with E-state index >= 15 is 0 Å². The molecule has 12 aromatic rings. The Kier molecular flexibility index (Phi) is 7.16. The molecule has 9 aromatic carbocycles. The number of para-hydroxylation sites is 1. The molecule has 0 bridgehead atoms. The van der Waals surface area contributed by atoms with Crippen LogP contribution in [0.3, 0.4) is 0 Å². The minimum Gasteiger partial charge on any atom is -0.456 e. The minimum atomic E-state index is 0.587. The van der Waals surface area contributed by atoms with E-state index in [9.17, 15) is 0 Å². The first-order valence-corrected chi connectivity index (χ1v) is 19.4. The number of furan rings is 2. The average Bonchev–Trinajstić information content (AvgIpc) is 3.87. The number of hydrogen-bond acceptors (Lipinski definition) is 5. The molecule has 0 N–H and O–H groups in total. The number of rotatable bonds is 5. The third kappa shape index (κ3) is 5.21. The second kappa shape index (κ2) is 12.8. The van der Waals surface area contributed by atoms with E-state index in [1.807, 2.05) is 66.7 Å². The molecule has 0 saturated carbocycles. The van der Waals surface area contributed by atoms with Crippen LogP contribution in [0.15, 0.2) is 197 Å². The summed E-state index contributed by atoms with van der Waals surface area (Å²) >= 11 is 0. The van der Waals surface area contributed by atoms with Crippen molar-refractivity contribution < 1.29 is 8.83 Å². The van der Waals surface area contributed by atoms with Crippen LogP contribution in [0.4, 0.5) is 0 Å². The van der Waals surface area contributed by atoms with Gasteiger partial charge in [-0.2, -0.15) is 0 Å². The lowest BCUT2D eigenvalue weighted by molar-refractivity contribution is 0.668. The van der Waals surface area contributed by atoms with Crippen LogP contribution in [0.2, 0.25) is 0 Å². The molecule has 12 rings (SSSR count). The number of aromatic nitrogens is 3. The van der Waals surface area contributed by atoms with Crippen molar-refractivity contribution in [2.75, 3.05) is 0 Å². The molecule has 5 heteroatoms. The van der Waals surface area contributed by atoms with Crippen LogP contribution in [0, 0.1) is 0 Å². The van der Waals surface area contributed by atoms with Gasteiger partial charge in [0.1, 0.15) is 22.3 Å². The molecular formula is C53H31N3O2. The van der Waals surface area contributed by atoms with Gasteiger partial charge in [0.25, 0.3) is 0 Å². The molecule has 0 aliphatic carbocycles. The van der Waals surface area contributed by atoms with Crippen LogP contribution >= 0.6 is 0 Å². The Bertz CT molecular complexity index is 3580. The van der Waals surface area contributed by atoms with Gasteiger partial charge in [0.05, 0.1) is 0 Å². The summed E-state index contributed by atoms with van der Waals surface area (Å²) in [5.74, 6) is 1.78. The molecule has 0 fully saturated rings. The molecule has 0 amide bonds. The quantitative estimate of drug-likeness (QED) is 0.164. The van der Waals surface area contributed by atoms with Gasteiger partial charge in [0.2, 0.25) is 0 Å². The van der Waals surface area contributed by atoms with Gasteiger partial charge in [-0.3, -0.25) is 0 Å². The summed E-state index contributed by atoms with van der Waals surface area (Å²) in [6, 6.07) is 65.2. The highest BCUT2D eigenvalue weighted by atomic mass is 16.3. The van der Waals surface area contributed by atoms with E-state index in [-0.39, 0.29) is 0 Å². The fourth-order valence-corrected chi connectivity index (χ4v) is 8.57. The van der Waals surface area contributed by atoms with Crippen molar-refractivity contribution in [2.24, 2.45) is 0 Å². The molecular weight excluding hydrogens is 711 g/mol. The third-order valence-electron chi connectivity index (χ3n) is 11.3. The first kappa shape index (κ1) is 32.4. The molecule has 0 saturated heterocycles. The lowest BCUT2D eigenvalue weighted by atomic mass is 9.95. The standard InChI is InChI=1S/C53H31N3O2/c1-2-12-33(13-3-1)51-54-52(56-53(55-51)43-19-10-22-48-50(43)42-17-6-7-20-45(42)57-48)38-15-8-14-36(30-38)41-18-9-21-47-49(41)44-31-35(26-28-46(44)58-47)34-25-27-40-37(29-34)24-23-32-11-4-5-16-39(32)40/h1-31H. The van der Waals surface area contributed by atoms with E-state index in [2.05, 4.69) is 121 Å². The summed E-state index contributed by atoms with van der Waals surface area (Å²) in [6.07, 6.45) is 0. The first-order chi connectivity index (χ1) is 28.7. The topological polar surface area (TPSA) is 65.0 Å². The summed E-state index contributed by atoms with van der Waals surface area (Å²) in [5.41, 5.74) is 10.4. The van der Waals surface area contributed by atoms with Crippen LogP contribution in [-0.2, 0) is 0 Å². The zero-order valence-corrected chi connectivity index (χ0v) is 31.1. The van der Waals surface area contributed by atoms with Gasteiger partial charge in [-0.25, -0.2) is 15.0 Å². The Hall–Kier alpha value is -7.89. The van der Waals surface area contributed by atoms with Crippen molar-refractivity contribution in [3.05, 3.63) is 188 Å². The second-order valence-electron chi connectivity index (χ2n) is 14.7. The Morgan fingerprint density at radius 1 is 0.276 bits per heavy atom. The van der Waals surface area contributed by atoms with Crippen molar-refractivity contribution in [3.8, 4) is 56.4 Å². The molecule has 0 spiro atoms. The van der Waals surface area contributed by atoms with Gasteiger partial charge in [-0.15, -0.1) is 0 Å². The van der Waals surface area contributed by atoms with E-state index in [0.29, 0.717) is 17.5 Å². The van der Waals surface area contributed by atoms with E-state index in [1.165, 1.54) is 21.5 Å². The number of benzene rings is 9. The highest BCUT2D eigenvalue weighted by Gasteiger charge is 2.19. The second-order valence-corrected chi connectivity index (χ2v) is 14.7. The minimum absolute atomic E-state index is 0.587. The summed E-state index contributed by atoms with van der Waals surface area (Å²) < 4.78 is 12.7. The Morgan fingerprint density at radius 2 is 0.845 bits per heavy atom. The molecule has 0 aliphatic rings. The Balaban J connectivity index is 1.00. The van der Waals surface area contributed by atoms with Crippen molar-refractivity contribution in [1.29, 1.82) is 0 Å². The molecule has 58 heavy (non-hydrogen) atoms. The predicted octanol–water partition coefficient (Wildman–Crippen LogP) is 14.3. The summed E-state index contributed by atoms with van der Waals surface area (Å²) in [5, 5.41) is 9.14. The van der Waals surface area contributed by atoms with Crippen molar-refractivity contribution in [3.63, 3.8) is 0 Å². The third-order valence-corrected chi connectivity index (χ3v) is 11.3. The van der Waals surface area contributed by atoms with Crippen LogP contribution < -0.4 is 0 Å². The van der Waals surface area contributed by atoms with Crippen LogP contribution in [0.1, 0.15) is 0 Å². The predicted molar refractivity (Wildman–Crippen MR) is 237 cm³/mol. The SMILES string of the molecule is c1ccc(-c2nc(-c3cccc(-c4cccc5oc6ccc(-c7ccc8c(ccc9ccccc98)c7)cc6c45)c3)nc(-c3cccc4oc5ccccc5c34)n2)cc1. The molecule has 0 unspecified atom stereocenters. The molecule has 5 nitrogen and oxygen atoms in total. The Morgan fingerprint density at radius 3 is 1.71 bits per heavy atom. The molecule has 0 atom stereocenters. The van der Waals surface area contributed by atoms with Crippen molar-refractivity contribution in [2.45, 2.75) is 0 Å². The summed E-state index contributed by atoms with van der Waals surface area (Å²) in [4.78, 5) is 15.3. The zero-order chi connectivity index (χ0) is 38.2. The largest absolute Gasteiger partial charge is 0.456 e. The van der Waals surface area contributed by atoms with E-state index < -0.39 is 0 Å². The lowest BCUT2D eigenvalue weighted by Crippen LogP contribution is -2.00. The van der Waals surface area contributed by atoms with Gasteiger partial charge in [0.15, 0.2) is 17.5 Å². The highest BCUT2D eigenvalue weighted by molar-refractivity contribution is 6.14. The van der Waals surface area contributed by atoms with Gasteiger partial charge >= 0.3 is 0 Å². The highest BCUT2D eigenvalue weighted by Crippen LogP contribution is 2.41. The smallest absolute Gasteiger partial charge is 0.164 e. The Labute approximate surface area is 332 Å². The number of nitrogens with zero attached hydrogens (tertiary/aromatic N) is 3. The van der Waals surface area contributed by atoms with Gasteiger partial charge in [-0.05, 0) is 86.3 Å². The van der Waals surface area contributed by atoms with E-state index in [0.717, 1.165) is 82.8 Å². The molecule has 270 valence electrons. The number of fused-ring (bicyclic) bond motifs is 9.